The lowest BCUT2D eigenvalue weighted by Gasteiger charge is -2.42. The van der Waals surface area contributed by atoms with Crippen LogP contribution >= 0.6 is 0 Å². The van der Waals surface area contributed by atoms with Crippen molar-refractivity contribution in [3.63, 3.8) is 0 Å². The van der Waals surface area contributed by atoms with Crippen molar-refractivity contribution in [3.05, 3.63) is 29.8 Å². The van der Waals surface area contributed by atoms with E-state index < -0.39 is 5.97 Å². The maximum Gasteiger partial charge on any atom is 0.319 e. The average molecular weight is 356 g/mol. The molecule has 26 heavy (non-hydrogen) atoms. The number of carbonyl (C=O) groups excluding carboxylic acids is 1. The first-order valence-electron chi connectivity index (χ1n) is 9.02. The summed E-state index contributed by atoms with van der Waals surface area (Å²) in [6, 6.07) is 9.34. The van der Waals surface area contributed by atoms with E-state index in [4.69, 9.17) is 10.4 Å². The van der Waals surface area contributed by atoms with Gasteiger partial charge in [0.15, 0.2) is 0 Å². The van der Waals surface area contributed by atoms with Gasteiger partial charge < -0.3 is 15.7 Å². The normalized spacial score (nSPS) is 21.5. The van der Waals surface area contributed by atoms with Gasteiger partial charge in [0.05, 0.1) is 19.0 Å². The largest absolute Gasteiger partial charge is 0.480 e. The summed E-state index contributed by atoms with van der Waals surface area (Å²) in [7, 11) is 0. The third-order valence-electron chi connectivity index (χ3n) is 4.99. The molecule has 0 bridgehead atoms. The van der Waals surface area contributed by atoms with Crippen LogP contribution in [0.2, 0.25) is 0 Å². The zero-order valence-electron chi connectivity index (χ0n) is 14.6. The van der Waals surface area contributed by atoms with Gasteiger partial charge in [-0.2, -0.15) is 5.26 Å². The second-order valence-electron chi connectivity index (χ2n) is 7.22. The monoisotopic (exact) mass is 356 g/mol. The van der Waals surface area contributed by atoms with Gasteiger partial charge in [-0.1, -0.05) is 12.1 Å². The zero-order valence-corrected chi connectivity index (χ0v) is 14.6. The Bertz CT molecular complexity index is 688. The third-order valence-corrected chi connectivity index (χ3v) is 4.99. The first-order valence-corrected chi connectivity index (χ1v) is 9.02. The number of aliphatic carboxylic acids is 1. The van der Waals surface area contributed by atoms with Gasteiger partial charge in [0.2, 0.25) is 0 Å². The number of nitriles is 1. The molecule has 0 heterocycles. The third kappa shape index (κ3) is 5.20. The smallest absolute Gasteiger partial charge is 0.319 e. The molecular formula is C19H24N4O3. The molecule has 3 rings (SSSR count). The van der Waals surface area contributed by atoms with Crippen LogP contribution < -0.4 is 10.6 Å². The maximum absolute atomic E-state index is 12.1. The second-order valence-corrected chi connectivity index (χ2v) is 7.22. The summed E-state index contributed by atoms with van der Waals surface area (Å²) in [4.78, 5) is 25.2. The van der Waals surface area contributed by atoms with E-state index in [0.717, 1.165) is 24.9 Å². The van der Waals surface area contributed by atoms with Crippen LogP contribution in [0.25, 0.3) is 0 Å². The number of benzene rings is 1. The van der Waals surface area contributed by atoms with Crippen molar-refractivity contribution in [2.24, 2.45) is 5.92 Å². The molecule has 1 aromatic rings. The predicted molar refractivity (Wildman–Crippen MR) is 96.7 cm³/mol. The van der Waals surface area contributed by atoms with E-state index in [1.165, 1.54) is 12.8 Å². The zero-order chi connectivity index (χ0) is 18.5. The van der Waals surface area contributed by atoms with Gasteiger partial charge in [-0.15, -0.1) is 0 Å². The molecule has 2 aliphatic rings. The highest BCUT2D eigenvalue weighted by molar-refractivity contribution is 5.89. The number of urea groups is 1. The van der Waals surface area contributed by atoms with E-state index >= 15 is 0 Å². The van der Waals surface area contributed by atoms with Crippen molar-refractivity contribution < 1.29 is 14.7 Å². The Morgan fingerprint density at radius 2 is 1.92 bits per heavy atom. The highest BCUT2D eigenvalue weighted by Crippen LogP contribution is 2.33. The summed E-state index contributed by atoms with van der Waals surface area (Å²) in [5.74, 6) is -0.145. The van der Waals surface area contributed by atoms with Crippen molar-refractivity contribution in [2.75, 3.05) is 18.4 Å². The molecule has 0 atom stereocenters. The van der Waals surface area contributed by atoms with Gasteiger partial charge in [-0.25, -0.2) is 4.79 Å². The van der Waals surface area contributed by atoms with E-state index in [1.54, 1.807) is 12.1 Å². The Morgan fingerprint density at radius 1 is 1.23 bits per heavy atom. The van der Waals surface area contributed by atoms with Gasteiger partial charge in [0.25, 0.3) is 0 Å². The van der Waals surface area contributed by atoms with Crippen LogP contribution in [-0.4, -0.2) is 47.2 Å². The number of nitrogens with zero attached hydrogens (tertiary/aromatic N) is 2. The van der Waals surface area contributed by atoms with Gasteiger partial charge >= 0.3 is 12.0 Å². The molecule has 138 valence electrons. The Balaban J connectivity index is 1.41. The molecule has 7 heteroatoms. The molecule has 3 N–H and O–H groups in total. The molecule has 2 amide bonds. The molecule has 0 radical (unpaired) electrons. The summed E-state index contributed by atoms with van der Waals surface area (Å²) >= 11 is 0. The molecule has 2 fully saturated rings. The van der Waals surface area contributed by atoms with E-state index in [0.29, 0.717) is 18.0 Å². The molecule has 2 saturated carbocycles. The SMILES string of the molecule is N#CCc1ccc(NC(=O)NC2CC(N(CC(=O)O)CC3CC3)C2)cc1. The summed E-state index contributed by atoms with van der Waals surface area (Å²) in [5.41, 5.74) is 1.59. The van der Waals surface area contributed by atoms with E-state index in [9.17, 15) is 9.59 Å². The standard InChI is InChI=1S/C19H24N4O3/c20-8-7-13-3-5-15(6-4-13)21-19(26)22-16-9-17(10-16)23(12-18(24)25)11-14-1-2-14/h3-6,14,16-17H,1-2,7,9-12H2,(H,24,25)(H2,21,22,26). The number of amides is 2. The minimum atomic E-state index is -0.792. The number of carboxylic acid groups (broad SMARTS) is 1. The lowest BCUT2D eigenvalue weighted by Crippen LogP contribution is -2.55. The fraction of sp³-hybridized carbons (Fsp3) is 0.526. The Kier molecular flexibility index (Phi) is 5.74. The molecule has 0 aromatic heterocycles. The van der Waals surface area contributed by atoms with E-state index in [2.05, 4.69) is 16.7 Å². The molecule has 7 nitrogen and oxygen atoms in total. The Hall–Kier alpha value is -2.59. The minimum absolute atomic E-state index is 0.0772. The second kappa shape index (κ2) is 8.19. The first kappa shape index (κ1) is 18.2. The summed E-state index contributed by atoms with van der Waals surface area (Å²) in [6.45, 7) is 0.931. The summed E-state index contributed by atoms with van der Waals surface area (Å²) < 4.78 is 0. The molecule has 2 aliphatic carbocycles. The van der Waals surface area contributed by atoms with Crippen LogP contribution in [-0.2, 0) is 11.2 Å². The van der Waals surface area contributed by atoms with Crippen molar-refractivity contribution in [3.8, 4) is 6.07 Å². The van der Waals surface area contributed by atoms with Crippen molar-refractivity contribution in [1.82, 2.24) is 10.2 Å². The van der Waals surface area contributed by atoms with E-state index in [1.807, 2.05) is 17.0 Å². The van der Waals surface area contributed by atoms with Gasteiger partial charge in [0, 0.05) is 24.3 Å². The topological polar surface area (TPSA) is 105 Å². The number of rotatable bonds is 8. The van der Waals surface area contributed by atoms with Gasteiger partial charge in [-0.05, 0) is 49.3 Å². The fourth-order valence-electron chi connectivity index (χ4n) is 3.30. The lowest BCUT2D eigenvalue weighted by atomic mass is 9.85. The molecule has 0 unspecified atom stereocenters. The van der Waals surface area contributed by atoms with Crippen LogP contribution in [0.15, 0.2) is 24.3 Å². The van der Waals surface area contributed by atoms with Gasteiger partial charge in [0.1, 0.15) is 0 Å². The highest BCUT2D eigenvalue weighted by atomic mass is 16.4. The average Bonchev–Trinajstić information content (AvgIpc) is 3.36. The van der Waals surface area contributed by atoms with Crippen LogP contribution in [0.3, 0.4) is 0 Å². The van der Waals surface area contributed by atoms with Crippen molar-refractivity contribution in [2.45, 2.75) is 44.2 Å². The number of carboxylic acids is 1. The lowest BCUT2D eigenvalue weighted by molar-refractivity contribution is -0.139. The quantitative estimate of drug-likeness (QED) is 0.662. The number of carbonyl (C=O) groups is 2. The molecule has 0 spiro atoms. The summed E-state index contributed by atoms with van der Waals surface area (Å²) in [5, 5.41) is 23.5. The predicted octanol–water partition coefficient (Wildman–Crippen LogP) is 2.20. The van der Waals surface area contributed by atoms with Crippen LogP contribution in [0.1, 0.15) is 31.2 Å². The number of nitrogens with one attached hydrogen (secondary N) is 2. The first-order chi connectivity index (χ1) is 12.5. The van der Waals surface area contributed by atoms with E-state index in [-0.39, 0.29) is 24.7 Å². The maximum atomic E-state index is 12.1. The molecular weight excluding hydrogens is 332 g/mol. The molecule has 0 saturated heterocycles. The number of hydrogen-bond acceptors (Lipinski definition) is 4. The van der Waals surface area contributed by atoms with Gasteiger partial charge in [-0.3, -0.25) is 9.69 Å². The van der Waals surface area contributed by atoms with Crippen molar-refractivity contribution in [1.29, 1.82) is 5.26 Å². The van der Waals surface area contributed by atoms with Crippen molar-refractivity contribution >= 4 is 17.7 Å². The Morgan fingerprint density at radius 3 is 2.50 bits per heavy atom. The highest BCUT2D eigenvalue weighted by Gasteiger charge is 2.37. The minimum Gasteiger partial charge on any atom is -0.480 e. The number of hydrogen-bond donors (Lipinski definition) is 3. The molecule has 0 aliphatic heterocycles. The van der Waals surface area contributed by atoms with Crippen LogP contribution in [0.5, 0.6) is 0 Å². The van der Waals surface area contributed by atoms with Crippen LogP contribution in [0, 0.1) is 17.2 Å². The fourth-order valence-corrected chi connectivity index (χ4v) is 3.30. The number of anilines is 1. The summed E-state index contributed by atoms with van der Waals surface area (Å²) in [6.07, 6.45) is 4.31. The van der Waals surface area contributed by atoms with Crippen LogP contribution in [0.4, 0.5) is 10.5 Å². The molecule has 1 aromatic carbocycles. The Labute approximate surface area is 153 Å².